The highest BCUT2D eigenvalue weighted by Crippen LogP contribution is 2.37. The Morgan fingerprint density at radius 3 is 2.47 bits per heavy atom. The van der Waals surface area contributed by atoms with Gasteiger partial charge in [-0.25, -0.2) is 0 Å². The number of carbonyl (C=O) groups is 1. The molecule has 0 atom stereocenters. The lowest BCUT2D eigenvalue weighted by Crippen LogP contribution is -2.21. The number of benzene rings is 2. The fourth-order valence-corrected chi connectivity index (χ4v) is 2.29. The van der Waals surface area contributed by atoms with Crippen molar-refractivity contribution in [2.75, 3.05) is 12.0 Å². The second-order valence-electron chi connectivity index (χ2n) is 4.33. The molecule has 0 bridgehead atoms. The number of methoxy groups -OCH3 is 1. The van der Waals surface area contributed by atoms with Crippen molar-refractivity contribution >= 4 is 17.3 Å². The third-order valence-corrected chi connectivity index (χ3v) is 3.26. The number of rotatable bonds is 2. The van der Waals surface area contributed by atoms with Gasteiger partial charge >= 0.3 is 0 Å². The van der Waals surface area contributed by atoms with Crippen molar-refractivity contribution in [2.24, 2.45) is 0 Å². The largest absolute Gasteiger partial charge is 0.497 e. The van der Waals surface area contributed by atoms with E-state index >= 15 is 0 Å². The molecule has 0 unspecified atom stereocenters. The maximum Gasteiger partial charge on any atom is 0.263 e. The average Bonchev–Trinajstić information content (AvgIpc) is 2.71. The van der Waals surface area contributed by atoms with Gasteiger partial charge in [0, 0.05) is 16.8 Å². The van der Waals surface area contributed by atoms with Crippen LogP contribution < -0.4 is 9.64 Å². The van der Waals surface area contributed by atoms with Gasteiger partial charge in [-0.15, -0.1) is 0 Å². The van der Waals surface area contributed by atoms with E-state index in [1.165, 1.54) is 0 Å². The molecule has 1 aliphatic heterocycles. The lowest BCUT2D eigenvalue weighted by Gasteiger charge is -2.17. The second-order valence-corrected chi connectivity index (χ2v) is 4.33. The zero-order chi connectivity index (χ0) is 13.4. The normalized spacial score (nSPS) is 13.6. The predicted octanol–water partition coefficient (Wildman–Crippen LogP) is 3.33. The van der Waals surface area contributed by atoms with Crippen molar-refractivity contribution in [2.45, 2.75) is 0 Å². The van der Waals surface area contributed by atoms with Crippen LogP contribution in [0.5, 0.6) is 5.75 Å². The SMILES string of the molecule is C=C1c2cc(OC)ccc2C(=O)N1c1ccccc1. The van der Waals surface area contributed by atoms with Crippen LogP contribution in [-0.4, -0.2) is 13.0 Å². The molecule has 19 heavy (non-hydrogen) atoms. The zero-order valence-corrected chi connectivity index (χ0v) is 10.6. The number of anilines is 1. The molecule has 0 aliphatic carbocycles. The molecule has 94 valence electrons. The zero-order valence-electron chi connectivity index (χ0n) is 10.6. The quantitative estimate of drug-likeness (QED) is 0.819. The summed E-state index contributed by atoms with van der Waals surface area (Å²) in [6.07, 6.45) is 0. The molecule has 0 spiro atoms. The molecule has 1 heterocycles. The monoisotopic (exact) mass is 251 g/mol. The minimum atomic E-state index is -0.0474. The van der Waals surface area contributed by atoms with Gasteiger partial charge < -0.3 is 4.74 Å². The van der Waals surface area contributed by atoms with Gasteiger partial charge in [0.2, 0.25) is 0 Å². The molecule has 0 saturated carbocycles. The first-order valence-electron chi connectivity index (χ1n) is 5.99. The Kier molecular flexibility index (Phi) is 2.60. The van der Waals surface area contributed by atoms with Gasteiger partial charge in [0.15, 0.2) is 0 Å². The molecule has 0 aromatic heterocycles. The van der Waals surface area contributed by atoms with Crippen molar-refractivity contribution in [3.8, 4) is 5.75 Å². The fourth-order valence-electron chi connectivity index (χ4n) is 2.29. The Labute approximate surface area is 111 Å². The maximum absolute atomic E-state index is 12.4. The highest BCUT2D eigenvalue weighted by Gasteiger charge is 2.32. The first-order chi connectivity index (χ1) is 9.22. The summed E-state index contributed by atoms with van der Waals surface area (Å²) in [7, 11) is 1.61. The summed E-state index contributed by atoms with van der Waals surface area (Å²) >= 11 is 0. The van der Waals surface area contributed by atoms with Gasteiger partial charge in [-0.2, -0.15) is 0 Å². The van der Waals surface area contributed by atoms with Crippen LogP contribution in [0.1, 0.15) is 15.9 Å². The van der Waals surface area contributed by atoms with Crippen LogP contribution in [0, 0.1) is 0 Å². The Morgan fingerprint density at radius 2 is 1.79 bits per heavy atom. The summed E-state index contributed by atoms with van der Waals surface area (Å²) in [4.78, 5) is 14.1. The highest BCUT2D eigenvalue weighted by molar-refractivity contribution is 6.22. The van der Waals surface area contributed by atoms with Crippen molar-refractivity contribution in [1.29, 1.82) is 0 Å². The summed E-state index contributed by atoms with van der Waals surface area (Å²) < 4.78 is 5.19. The van der Waals surface area contributed by atoms with Gasteiger partial charge in [-0.3, -0.25) is 9.69 Å². The van der Waals surface area contributed by atoms with E-state index in [1.807, 2.05) is 36.4 Å². The van der Waals surface area contributed by atoms with Crippen LogP contribution in [0.2, 0.25) is 0 Å². The first-order valence-corrected chi connectivity index (χ1v) is 5.99. The molecule has 3 rings (SSSR count). The van der Waals surface area contributed by atoms with Gasteiger partial charge in [0.25, 0.3) is 5.91 Å². The second kappa shape index (κ2) is 4.28. The number of para-hydroxylation sites is 1. The van der Waals surface area contributed by atoms with Gasteiger partial charge in [0.1, 0.15) is 5.75 Å². The summed E-state index contributed by atoms with van der Waals surface area (Å²) in [6.45, 7) is 4.03. The summed E-state index contributed by atoms with van der Waals surface area (Å²) in [5.41, 5.74) is 3.00. The fraction of sp³-hybridized carbons (Fsp3) is 0.0625. The lowest BCUT2D eigenvalue weighted by atomic mass is 10.1. The van der Waals surface area contributed by atoms with E-state index in [0.29, 0.717) is 11.3 Å². The maximum atomic E-state index is 12.4. The average molecular weight is 251 g/mol. The molecule has 3 heteroatoms. The van der Waals surface area contributed by atoms with Gasteiger partial charge in [-0.1, -0.05) is 24.8 Å². The van der Waals surface area contributed by atoms with Crippen LogP contribution in [0.25, 0.3) is 5.70 Å². The van der Waals surface area contributed by atoms with Gasteiger partial charge in [0.05, 0.1) is 12.8 Å². The van der Waals surface area contributed by atoms with E-state index in [0.717, 1.165) is 17.0 Å². The van der Waals surface area contributed by atoms with Crippen molar-refractivity contribution in [3.05, 3.63) is 66.2 Å². The number of hydrogen-bond donors (Lipinski definition) is 0. The minimum absolute atomic E-state index is 0.0474. The van der Waals surface area contributed by atoms with Crippen molar-refractivity contribution < 1.29 is 9.53 Å². The van der Waals surface area contributed by atoms with Crippen molar-refractivity contribution in [1.82, 2.24) is 0 Å². The Balaban J connectivity index is 2.10. The number of hydrogen-bond acceptors (Lipinski definition) is 2. The summed E-state index contributed by atoms with van der Waals surface area (Å²) in [6, 6.07) is 14.9. The van der Waals surface area contributed by atoms with E-state index < -0.39 is 0 Å². The Bertz CT molecular complexity index is 662. The van der Waals surface area contributed by atoms with E-state index in [1.54, 1.807) is 24.1 Å². The van der Waals surface area contributed by atoms with Crippen LogP contribution in [0.15, 0.2) is 55.1 Å². The number of nitrogens with zero attached hydrogens (tertiary/aromatic N) is 1. The number of carbonyl (C=O) groups excluding carboxylic acids is 1. The van der Waals surface area contributed by atoms with Gasteiger partial charge in [-0.05, 0) is 30.3 Å². The lowest BCUT2D eigenvalue weighted by molar-refractivity contribution is 0.101. The molecule has 0 saturated heterocycles. The Hall–Kier alpha value is -2.55. The smallest absolute Gasteiger partial charge is 0.263 e. The molecule has 2 aromatic carbocycles. The Morgan fingerprint density at radius 1 is 1.05 bits per heavy atom. The molecule has 0 radical (unpaired) electrons. The van der Waals surface area contributed by atoms with E-state index in [9.17, 15) is 4.79 Å². The van der Waals surface area contributed by atoms with Crippen molar-refractivity contribution in [3.63, 3.8) is 0 Å². The van der Waals surface area contributed by atoms with E-state index in [2.05, 4.69) is 6.58 Å². The first kappa shape index (κ1) is 11.5. The molecule has 3 nitrogen and oxygen atoms in total. The number of amides is 1. The van der Waals surface area contributed by atoms with Crippen LogP contribution in [0.4, 0.5) is 5.69 Å². The number of fused-ring (bicyclic) bond motifs is 1. The molecular formula is C16H13NO2. The van der Waals surface area contributed by atoms with Crippen LogP contribution in [0.3, 0.4) is 0 Å². The number of ether oxygens (including phenoxy) is 1. The topological polar surface area (TPSA) is 29.5 Å². The molecule has 2 aromatic rings. The third kappa shape index (κ3) is 1.71. The molecule has 1 amide bonds. The molecule has 0 fully saturated rings. The molecule has 0 N–H and O–H groups in total. The van der Waals surface area contributed by atoms with Crippen LogP contribution in [-0.2, 0) is 0 Å². The van der Waals surface area contributed by atoms with E-state index in [4.69, 9.17) is 4.74 Å². The van der Waals surface area contributed by atoms with E-state index in [-0.39, 0.29) is 5.91 Å². The highest BCUT2D eigenvalue weighted by atomic mass is 16.5. The van der Waals surface area contributed by atoms with Crippen LogP contribution >= 0.6 is 0 Å². The standard InChI is InChI=1S/C16H13NO2/c1-11-15-10-13(19-2)8-9-14(15)16(18)17(11)12-6-4-3-5-7-12/h3-10H,1H2,2H3. The summed E-state index contributed by atoms with van der Waals surface area (Å²) in [5, 5.41) is 0. The predicted molar refractivity (Wildman–Crippen MR) is 75.3 cm³/mol. The summed E-state index contributed by atoms with van der Waals surface area (Å²) in [5.74, 6) is 0.677. The molecular weight excluding hydrogens is 238 g/mol. The minimum Gasteiger partial charge on any atom is -0.497 e. The third-order valence-electron chi connectivity index (χ3n) is 3.26. The molecule has 1 aliphatic rings.